The number of aliphatic hydroxyl groups excluding tert-OH is 1. The topological polar surface area (TPSA) is 23.5 Å². The van der Waals surface area contributed by atoms with Crippen LogP contribution in [0.1, 0.15) is 26.3 Å². The number of rotatable bonds is 4. The lowest BCUT2D eigenvalue weighted by Gasteiger charge is -2.38. The van der Waals surface area contributed by atoms with E-state index in [1.165, 1.54) is 0 Å². The normalized spacial score (nSPS) is 11.4. The van der Waals surface area contributed by atoms with Crippen molar-refractivity contribution in [2.45, 2.75) is 32.9 Å². The van der Waals surface area contributed by atoms with E-state index in [2.05, 4.69) is 32.3 Å². The summed E-state index contributed by atoms with van der Waals surface area (Å²) in [5.41, 5.74) is 1.79. The van der Waals surface area contributed by atoms with Gasteiger partial charge in [-0.15, -0.1) is 6.58 Å². The fourth-order valence-corrected chi connectivity index (χ4v) is 1.95. The average molecular weight is 254 g/mol. The molecule has 0 aliphatic rings. The zero-order valence-electron chi connectivity index (χ0n) is 10.7. The Kier molecular flexibility index (Phi) is 4.61. The van der Waals surface area contributed by atoms with Crippen molar-refractivity contribution < 1.29 is 5.11 Å². The molecule has 17 heavy (non-hydrogen) atoms. The second kappa shape index (κ2) is 5.56. The van der Waals surface area contributed by atoms with Gasteiger partial charge in [-0.2, -0.15) is 0 Å². The molecular weight excluding hydrogens is 234 g/mol. The third kappa shape index (κ3) is 3.48. The summed E-state index contributed by atoms with van der Waals surface area (Å²) in [5, 5.41) is 10.1. The predicted molar refractivity (Wildman–Crippen MR) is 74.7 cm³/mol. The second-order valence-corrected chi connectivity index (χ2v) is 5.44. The molecule has 0 aromatic heterocycles. The molecule has 0 unspecified atom stereocenters. The molecule has 0 saturated heterocycles. The summed E-state index contributed by atoms with van der Waals surface area (Å²) in [6.07, 6.45) is 1.85. The van der Waals surface area contributed by atoms with Crippen LogP contribution in [0.4, 0.5) is 5.69 Å². The van der Waals surface area contributed by atoms with Crippen molar-refractivity contribution >= 4 is 17.3 Å². The minimum Gasteiger partial charge on any atom is -0.392 e. The van der Waals surface area contributed by atoms with E-state index in [9.17, 15) is 5.11 Å². The molecule has 0 aliphatic heterocycles. The maximum absolute atomic E-state index is 9.40. The zero-order valence-corrected chi connectivity index (χ0v) is 11.5. The maximum atomic E-state index is 9.40. The Balaban J connectivity index is 3.25. The highest BCUT2D eigenvalue weighted by Gasteiger charge is 2.22. The first-order chi connectivity index (χ1) is 7.90. The highest BCUT2D eigenvalue weighted by atomic mass is 35.5. The summed E-state index contributed by atoms with van der Waals surface area (Å²) in [7, 11) is 0. The number of aliphatic hydroxyl groups is 1. The van der Waals surface area contributed by atoms with Crippen molar-refractivity contribution in [1.29, 1.82) is 0 Å². The molecule has 2 nitrogen and oxygen atoms in total. The van der Waals surface area contributed by atoms with Gasteiger partial charge in [-0.05, 0) is 32.9 Å². The minimum absolute atomic E-state index is 0.0101. The van der Waals surface area contributed by atoms with Crippen LogP contribution in [-0.2, 0) is 6.61 Å². The van der Waals surface area contributed by atoms with Crippen LogP contribution in [0, 0.1) is 0 Å². The van der Waals surface area contributed by atoms with E-state index >= 15 is 0 Å². The molecule has 1 aromatic rings. The highest BCUT2D eigenvalue weighted by molar-refractivity contribution is 6.30. The van der Waals surface area contributed by atoms with Crippen LogP contribution in [-0.4, -0.2) is 17.2 Å². The van der Waals surface area contributed by atoms with Gasteiger partial charge in [0.25, 0.3) is 0 Å². The monoisotopic (exact) mass is 253 g/mol. The number of hydrogen-bond acceptors (Lipinski definition) is 2. The van der Waals surface area contributed by atoms with Crippen molar-refractivity contribution in [2.75, 3.05) is 11.4 Å². The Hall–Kier alpha value is -0.990. The van der Waals surface area contributed by atoms with E-state index < -0.39 is 0 Å². The molecule has 1 aromatic carbocycles. The summed E-state index contributed by atoms with van der Waals surface area (Å²) in [6, 6.07) is 5.55. The first-order valence-corrected chi connectivity index (χ1v) is 6.05. The molecule has 0 amide bonds. The molecule has 1 N–H and O–H groups in total. The molecule has 0 aliphatic carbocycles. The zero-order chi connectivity index (χ0) is 13.1. The lowest BCUT2D eigenvalue weighted by molar-refractivity contribution is 0.281. The van der Waals surface area contributed by atoms with Crippen LogP contribution in [0.3, 0.4) is 0 Å². The molecule has 0 heterocycles. The largest absolute Gasteiger partial charge is 0.392 e. The van der Waals surface area contributed by atoms with E-state index in [1.807, 2.05) is 18.2 Å². The molecule has 3 heteroatoms. The van der Waals surface area contributed by atoms with Crippen LogP contribution in [0.5, 0.6) is 0 Å². The molecule has 94 valence electrons. The predicted octanol–water partition coefficient (Wildman–Crippen LogP) is 3.62. The van der Waals surface area contributed by atoms with Crippen LogP contribution in [0.2, 0.25) is 5.02 Å². The molecule has 1 rings (SSSR count). The summed E-state index contributed by atoms with van der Waals surface area (Å²) >= 11 is 6.03. The molecule has 0 saturated carbocycles. The average Bonchev–Trinajstić information content (AvgIpc) is 2.24. The number of nitrogens with zero attached hydrogens (tertiary/aromatic N) is 1. The van der Waals surface area contributed by atoms with Crippen LogP contribution >= 0.6 is 11.6 Å². The van der Waals surface area contributed by atoms with E-state index in [4.69, 9.17) is 11.6 Å². The Morgan fingerprint density at radius 2 is 2.06 bits per heavy atom. The van der Waals surface area contributed by atoms with Gasteiger partial charge in [0, 0.05) is 28.4 Å². The van der Waals surface area contributed by atoms with Gasteiger partial charge < -0.3 is 10.0 Å². The molecule has 0 radical (unpaired) electrons. The minimum atomic E-state index is -0.0528. The third-order valence-corrected chi connectivity index (χ3v) is 2.87. The van der Waals surface area contributed by atoms with E-state index in [0.717, 1.165) is 17.8 Å². The first kappa shape index (κ1) is 14.1. The Morgan fingerprint density at radius 3 is 2.53 bits per heavy atom. The van der Waals surface area contributed by atoms with E-state index in [0.29, 0.717) is 5.02 Å². The van der Waals surface area contributed by atoms with Crippen molar-refractivity contribution in [2.24, 2.45) is 0 Å². The van der Waals surface area contributed by atoms with Gasteiger partial charge in [-0.1, -0.05) is 23.7 Å². The lowest BCUT2D eigenvalue weighted by atomic mass is 10.0. The van der Waals surface area contributed by atoms with Gasteiger partial charge in [0.15, 0.2) is 0 Å². The fraction of sp³-hybridized carbons (Fsp3) is 0.429. The van der Waals surface area contributed by atoms with Crippen molar-refractivity contribution in [3.63, 3.8) is 0 Å². The third-order valence-electron chi connectivity index (χ3n) is 2.63. The quantitative estimate of drug-likeness (QED) is 0.829. The number of anilines is 1. The van der Waals surface area contributed by atoms with Gasteiger partial charge in [-0.25, -0.2) is 0 Å². The maximum Gasteiger partial charge on any atom is 0.0702 e. The summed E-state index contributed by atoms with van der Waals surface area (Å²) in [6.45, 7) is 10.9. The fourth-order valence-electron chi connectivity index (χ4n) is 1.78. The molecule has 0 bridgehead atoms. The molecule has 0 fully saturated rings. The summed E-state index contributed by atoms with van der Waals surface area (Å²) in [5.74, 6) is 0. The van der Waals surface area contributed by atoms with Crippen molar-refractivity contribution in [3.8, 4) is 0 Å². The summed E-state index contributed by atoms with van der Waals surface area (Å²) < 4.78 is 0. The van der Waals surface area contributed by atoms with Crippen LogP contribution in [0.15, 0.2) is 30.9 Å². The Labute approximate surface area is 109 Å². The Bertz CT molecular complexity index is 396. The summed E-state index contributed by atoms with van der Waals surface area (Å²) in [4.78, 5) is 2.18. The van der Waals surface area contributed by atoms with Crippen LogP contribution < -0.4 is 4.90 Å². The standard InChI is InChI=1S/C14H20ClNO/c1-5-8-16(14(2,3)4)13-9-12(15)7-6-11(13)10-17/h5-7,9,17H,1,8,10H2,2-4H3. The molecule has 0 atom stereocenters. The van der Waals surface area contributed by atoms with Gasteiger partial charge in [-0.3, -0.25) is 0 Å². The lowest BCUT2D eigenvalue weighted by Crippen LogP contribution is -2.42. The van der Waals surface area contributed by atoms with Crippen LogP contribution in [0.25, 0.3) is 0 Å². The highest BCUT2D eigenvalue weighted by Crippen LogP contribution is 2.30. The first-order valence-electron chi connectivity index (χ1n) is 5.68. The van der Waals surface area contributed by atoms with Gasteiger partial charge in [0.05, 0.1) is 6.61 Å². The van der Waals surface area contributed by atoms with Gasteiger partial charge in [0.2, 0.25) is 0 Å². The number of halogens is 1. The Morgan fingerprint density at radius 1 is 1.41 bits per heavy atom. The number of benzene rings is 1. The van der Waals surface area contributed by atoms with Gasteiger partial charge >= 0.3 is 0 Å². The van der Waals surface area contributed by atoms with Crippen molar-refractivity contribution in [1.82, 2.24) is 0 Å². The number of hydrogen-bond donors (Lipinski definition) is 1. The van der Waals surface area contributed by atoms with E-state index in [1.54, 1.807) is 6.07 Å². The van der Waals surface area contributed by atoms with Crippen molar-refractivity contribution in [3.05, 3.63) is 41.4 Å². The SMILES string of the molecule is C=CCN(c1cc(Cl)ccc1CO)C(C)(C)C. The molecule has 0 spiro atoms. The smallest absolute Gasteiger partial charge is 0.0702 e. The van der Waals surface area contributed by atoms with E-state index in [-0.39, 0.29) is 12.1 Å². The van der Waals surface area contributed by atoms with Gasteiger partial charge in [0.1, 0.15) is 0 Å². The molecular formula is C14H20ClNO. The second-order valence-electron chi connectivity index (χ2n) is 5.00.